The van der Waals surface area contributed by atoms with E-state index in [4.69, 9.17) is 0 Å². The fraction of sp³-hybridized carbons (Fsp3) is 0.0500. The smallest absolute Gasteiger partial charge is 0.269 e. The van der Waals surface area contributed by atoms with Crippen LogP contribution in [0.4, 0.5) is 58.4 Å². The lowest BCUT2D eigenvalue weighted by Crippen LogP contribution is -2.09. The molecule has 20 heteroatoms. The fourth-order valence-electron chi connectivity index (χ4n) is 5.26. The Morgan fingerprint density at radius 1 is 0.450 bits per heavy atom. The van der Waals surface area contributed by atoms with E-state index in [2.05, 4.69) is 72.2 Å². The first kappa shape index (κ1) is 39.3. The first-order valence-corrected chi connectivity index (χ1v) is 18.1. The van der Waals surface area contributed by atoms with E-state index in [1.54, 1.807) is 36.7 Å². The molecule has 6 N–H and O–H groups in total. The second kappa shape index (κ2) is 19.3. The maximum Gasteiger partial charge on any atom is 0.269 e. The van der Waals surface area contributed by atoms with E-state index in [0.717, 1.165) is 22.3 Å². The van der Waals surface area contributed by atoms with Crippen molar-refractivity contribution in [2.24, 2.45) is 10.2 Å². The van der Waals surface area contributed by atoms with E-state index in [1.165, 1.54) is 24.3 Å². The van der Waals surface area contributed by atoms with Gasteiger partial charge >= 0.3 is 0 Å². The number of benzene rings is 5. The van der Waals surface area contributed by atoms with Crippen molar-refractivity contribution in [3.8, 4) is 0 Å². The Hall–Kier alpha value is -8.94. The Morgan fingerprint density at radius 2 is 0.800 bits per heavy atom. The van der Waals surface area contributed by atoms with Crippen molar-refractivity contribution >= 4 is 70.9 Å². The number of nitrogens with zero attached hydrogens (tertiary/aromatic N) is 10. The highest BCUT2D eigenvalue weighted by Crippen LogP contribution is 2.22. The number of hydrogen-bond donors (Lipinski definition) is 6. The van der Waals surface area contributed by atoms with Gasteiger partial charge in [0.2, 0.25) is 35.7 Å². The molecule has 2 aromatic heterocycles. The van der Waals surface area contributed by atoms with Gasteiger partial charge in [-0.3, -0.25) is 20.2 Å². The zero-order valence-electron chi connectivity index (χ0n) is 31.4. The third-order valence-corrected chi connectivity index (χ3v) is 8.22. The largest absolute Gasteiger partial charge is 0.350 e. The quantitative estimate of drug-likeness (QED) is 0.0279. The summed E-state index contributed by atoms with van der Waals surface area (Å²) in [6, 6.07) is 38.6. The molecule has 0 aliphatic rings. The van der Waals surface area contributed by atoms with Gasteiger partial charge in [-0.2, -0.15) is 40.1 Å². The second-order valence-corrected chi connectivity index (χ2v) is 12.6. The Balaban J connectivity index is 0.997. The first-order chi connectivity index (χ1) is 29.3. The van der Waals surface area contributed by atoms with Crippen LogP contribution in [0.2, 0.25) is 0 Å². The van der Waals surface area contributed by atoms with Crippen molar-refractivity contribution in [1.82, 2.24) is 29.9 Å². The molecule has 7 aromatic rings. The van der Waals surface area contributed by atoms with Crippen molar-refractivity contribution in [3.05, 3.63) is 176 Å². The normalized spacial score (nSPS) is 10.9. The number of aromatic nitrogens is 6. The molecule has 0 atom stereocenters. The maximum atomic E-state index is 11.1. The highest BCUT2D eigenvalue weighted by molar-refractivity contribution is 5.84. The molecule has 0 amide bonds. The third-order valence-electron chi connectivity index (χ3n) is 8.22. The van der Waals surface area contributed by atoms with Crippen molar-refractivity contribution in [3.63, 3.8) is 0 Å². The van der Waals surface area contributed by atoms with Gasteiger partial charge in [0.15, 0.2) is 0 Å². The lowest BCUT2D eigenvalue weighted by molar-refractivity contribution is -0.385. The van der Waals surface area contributed by atoms with Gasteiger partial charge in [0.05, 0.1) is 22.3 Å². The summed E-state index contributed by atoms with van der Waals surface area (Å²) in [6.07, 6.45) is 3.19. The average molecular weight is 803 g/mol. The first-order valence-electron chi connectivity index (χ1n) is 18.1. The number of nitrogens with one attached hydrogen (secondary N) is 6. The topological polar surface area (TPSA) is 261 Å². The molecule has 7 rings (SSSR count). The van der Waals surface area contributed by atoms with Gasteiger partial charge < -0.3 is 21.3 Å². The van der Waals surface area contributed by atoms with E-state index >= 15 is 0 Å². The lowest BCUT2D eigenvalue weighted by atomic mass is 10.2. The van der Waals surface area contributed by atoms with Crippen LogP contribution < -0.4 is 32.1 Å². The van der Waals surface area contributed by atoms with E-state index in [-0.39, 0.29) is 47.1 Å². The number of non-ortho nitro benzene ring substituents is 2. The minimum absolute atomic E-state index is 0.0393. The predicted molar refractivity (Wildman–Crippen MR) is 229 cm³/mol. The van der Waals surface area contributed by atoms with Gasteiger partial charge in [0, 0.05) is 48.7 Å². The van der Waals surface area contributed by atoms with E-state index in [1.807, 2.05) is 84.9 Å². The summed E-state index contributed by atoms with van der Waals surface area (Å²) < 4.78 is 0. The second-order valence-electron chi connectivity index (χ2n) is 12.6. The van der Waals surface area contributed by atoms with Crippen molar-refractivity contribution in [2.45, 2.75) is 13.1 Å². The highest BCUT2D eigenvalue weighted by Gasteiger charge is 2.11. The van der Waals surface area contributed by atoms with Crippen LogP contribution in [0, 0.1) is 20.2 Å². The van der Waals surface area contributed by atoms with Crippen LogP contribution in [-0.2, 0) is 13.1 Å². The van der Waals surface area contributed by atoms with Gasteiger partial charge in [-0.15, -0.1) is 0 Å². The Kier molecular flexibility index (Phi) is 12.6. The molecule has 0 aliphatic carbocycles. The SMILES string of the molecule is O=[N+]([O-])c1ccc(Nc2nc(NCc3ccccc3)nc(NN=Cc3ccc(C=NNc4nc(NCc5ccccc5)nc(Nc5ccc([N+](=O)[O-])cc5)n4)cc3)n2)cc1. The van der Waals surface area contributed by atoms with E-state index < -0.39 is 9.85 Å². The zero-order valence-corrected chi connectivity index (χ0v) is 31.4. The van der Waals surface area contributed by atoms with Crippen molar-refractivity contribution in [1.29, 1.82) is 0 Å². The molecule has 0 radical (unpaired) electrons. The number of nitro benzene ring substituents is 2. The van der Waals surface area contributed by atoms with E-state index in [9.17, 15) is 20.2 Å². The van der Waals surface area contributed by atoms with Crippen LogP contribution in [0.3, 0.4) is 0 Å². The molecule has 0 saturated carbocycles. The molecule has 0 bridgehead atoms. The molecule has 0 unspecified atom stereocenters. The molecule has 20 nitrogen and oxygen atoms in total. The Labute approximate surface area is 341 Å². The molecule has 0 spiro atoms. The van der Waals surface area contributed by atoms with Crippen LogP contribution >= 0.6 is 0 Å². The number of hydrogen-bond acceptors (Lipinski definition) is 18. The summed E-state index contributed by atoms with van der Waals surface area (Å²) in [7, 11) is 0. The maximum absolute atomic E-state index is 11.1. The Morgan fingerprint density at radius 3 is 1.17 bits per heavy atom. The number of anilines is 8. The van der Waals surface area contributed by atoms with Crippen LogP contribution in [0.15, 0.2) is 144 Å². The zero-order chi connectivity index (χ0) is 41.5. The molecule has 0 saturated heterocycles. The molecule has 0 fully saturated rings. The third kappa shape index (κ3) is 11.5. The van der Waals surface area contributed by atoms with Crippen LogP contribution in [0.25, 0.3) is 0 Å². The molecular formula is C40H34N16O4. The van der Waals surface area contributed by atoms with Gasteiger partial charge in [-0.1, -0.05) is 84.9 Å². The lowest BCUT2D eigenvalue weighted by Gasteiger charge is -2.10. The minimum Gasteiger partial charge on any atom is -0.350 e. The van der Waals surface area contributed by atoms with Crippen LogP contribution in [-0.4, -0.2) is 52.2 Å². The van der Waals surface area contributed by atoms with Crippen LogP contribution in [0.5, 0.6) is 0 Å². The molecule has 0 aliphatic heterocycles. The fourth-order valence-corrected chi connectivity index (χ4v) is 5.26. The van der Waals surface area contributed by atoms with Crippen molar-refractivity contribution < 1.29 is 9.85 Å². The van der Waals surface area contributed by atoms with Crippen molar-refractivity contribution in [2.75, 3.05) is 32.1 Å². The summed E-state index contributed by atoms with van der Waals surface area (Å²) in [5, 5.41) is 43.3. The summed E-state index contributed by atoms with van der Waals surface area (Å²) in [5.41, 5.74) is 10.3. The number of rotatable bonds is 18. The number of nitro groups is 2. The molecular weight excluding hydrogens is 769 g/mol. The Bertz CT molecular complexity index is 2420. The minimum atomic E-state index is -0.472. The molecule has 60 heavy (non-hydrogen) atoms. The van der Waals surface area contributed by atoms with E-state index in [0.29, 0.717) is 24.5 Å². The highest BCUT2D eigenvalue weighted by atomic mass is 16.6. The van der Waals surface area contributed by atoms with Crippen LogP contribution in [0.1, 0.15) is 22.3 Å². The van der Waals surface area contributed by atoms with Gasteiger partial charge in [0.25, 0.3) is 11.4 Å². The van der Waals surface area contributed by atoms with Gasteiger partial charge in [-0.05, 0) is 46.5 Å². The van der Waals surface area contributed by atoms with Gasteiger partial charge in [-0.25, -0.2) is 10.9 Å². The summed E-state index contributed by atoms with van der Waals surface area (Å²) in [6.45, 7) is 0.918. The standard InChI is InChI=1S/C40H34N16O4/c57-55(58)33-19-15-31(16-20-33)45-37-47-35(41-23-27-7-3-1-4-8-27)49-39(51-37)53-43-25-29-11-13-30(14-12-29)26-44-54-40-50-36(42-24-28-9-5-2-6-10-28)48-38(52-40)46-32-17-21-34(22-18-32)56(59)60/h1-22,25-26H,23-24H2,(H3,41,45,47,49,51,53)(H3,42,46,48,50,52,54). The summed E-state index contributed by atoms with van der Waals surface area (Å²) in [5.74, 6) is 1.25. The average Bonchev–Trinajstić information content (AvgIpc) is 3.26. The number of hydrazone groups is 2. The predicted octanol–water partition coefficient (Wildman–Crippen LogP) is 7.48. The molecule has 5 aromatic carbocycles. The summed E-state index contributed by atoms with van der Waals surface area (Å²) in [4.78, 5) is 47.8. The summed E-state index contributed by atoms with van der Waals surface area (Å²) >= 11 is 0. The molecule has 2 heterocycles. The van der Waals surface area contributed by atoms with Gasteiger partial charge in [0.1, 0.15) is 0 Å². The monoisotopic (exact) mass is 802 g/mol. The molecule has 298 valence electrons.